The molecule has 2 aromatic rings. The number of hydrogen-bond donors (Lipinski definition) is 3. The first-order valence-electron chi connectivity index (χ1n) is 7.00. The van der Waals surface area contributed by atoms with Gasteiger partial charge in [-0.2, -0.15) is 0 Å². The van der Waals surface area contributed by atoms with Crippen molar-refractivity contribution in [2.24, 2.45) is 0 Å². The van der Waals surface area contributed by atoms with Gasteiger partial charge in [0.25, 0.3) is 17.4 Å². The van der Waals surface area contributed by atoms with Crippen LogP contribution in [-0.4, -0.2) is 42.1 Å². The molecule has 1 aromatic carbocycles. The maximum Gasteiger partial charge on any atom is 0.335 e. The zero-order valence-electron chi connectivity index (χ0n) is 13.1. The smallest absolute Gasteiger partial charge is 0.335 e. The standard InChI is InChI=1S/C15H11N3O7S/c1-26(24,25)8-3-6(15(22)23)2-7(4-8)18-10(19)5-9-11(12(18)16)14(21)17-13(9)20/h2-5H,16H2,1H3,(H,22,23)(H,17,20,21). The number of nitrogen functional groups attached to an aromatic ring is 1. The highest BCUT2D eigenvalue weighted by Crippen LogP contribution is 2.25. The molecule has 2 amide bonds. The molecule has 134 valence electrons. The molecule has 26 heavy (non-hydrogen) atoms. The van der Waals surface area contributed by atoms with E-state index in [1.807, 2.05) is 5.32 Å². The van der Waals surface area contributed by atoms with Gasteiger partial charge in [-0.1, -0.05) is 0 Å². The van der Waals surface area contributed by atoms with Crippen LogP contribution in [-0.2, 0) is 9.84 Å². The number of aromatic nitrogens is 1. The highest BCUT2D eigenvalue weighted by Gasteiger charge is 2.32. The number of nitrogens with two attached hydrogens (primary N) is 1. The summed E-state index contributed by atoms with van der Waals surface area (Å²) in [5, 5.41) is 11.2. The van der Waals surface area contributed by atoms with Gasteiger partial charge in [-0.15, -0.1) is 0 Å². The summed E-state index contributed by atoms with van der Waals surface area (Å²) in [6.45, 7) is 0. The van der Waals surface area contributed by atoms with Crippen molar-refractivity contribution in [1.82, 2.24) is 9.88 Å². The number of fused-ring (bicyclic) bond motifs is 1. The Kier molecular flexibility index (Phi) is 3.69. The fourth-order valence-electron chi connectivity index (χ4n) is 2.60. The number of rotatable bonds is 3. The van der Waals surface area contributed by atoms with E-state index in [1.54, 1.807) is 0 Å². The van der Waals surface area contributed by atoms with E-state index in [9.17, 15) is 32.7 Å². The van der Waals surface area contributed by atoms with Gasteiger partial charge in [0.2, 0.25) is 0 Å². The molecule has 1 aliphatic heterocycles. The largest absolute Gasteiger partial charge is 0.478 e. The summed E-state index contributed by atoms with van der Waals surface area (Å²) < 4.78 is 24.4. The van der Waals surface area contributed by atoms with Crippen LogP contribution in [0.1, 0.15) is 31.1 Å². The molecule has 3 rings (SSSR count). The number of benzene rings is 1. The van der Waals surface area contributed by atoms with E-state index in [-0.39, 0.29) is 21.7 Å². The molecule has 0 fully saturated rings. The van der Waals surface area contributed by atoms with Gasteiger partial charge >= 0.3 is 5.97 Å². The zero-order valence-corrected chi connectivity index (χ0v) is 14.0. The number of imide groups is 1. The van der Waals surface area contributed by atoms with Crippen molar-refractivity contribution >= 4 is 33.4 Å². The normalized spacial score (nSPS) is 13.4. The number of sulfone groups is 1. The van der Waals surface area contributed by atoms with E-state index in [0.29, 0.717) is 0 Å². The Morgan fingerprint density at radius 2 is 1.77 bits per heavy atom. The van der Waals surface area contributed by atoms with E-state index in [2.05, 4.69) is 0 Å². The average molecular weight is 377 g/mol. The third-order valence-corrected chi connectivity index (χ3v) is 4.87. The number of hydrogen-bond acceptors (Lipinski definition) is 7. The Hall–Kier alpha value is -3.47. The molecule has 1 aromatic heterocycles. The first kappa shape index (κ1) is 17.4. The molecule has 0 saturated carbocycles. The second kappa shape index (κ2) is 5.52. The number of carbonyl (C=O) groups excluding carboxylic acids is 2. The van der Waals surface area contributed by atoms with Crippen molar-refractivity contribution in [2.75, 3.05) is 12.0 Å². The van der Waals surface area contributed by atoms with Crippen molar-refractivity contribution in [3.05, 3.63) is 51.3 Å². The van der Waals surface area contributed by atoms with Crippen LogP contribution in [0, 0.1) is 0 Å². The molecule has 1 aliphatic rings. The van der Waals surface area contributed by atoms with Gasteiger partial charge in [-0.3, -0.25) is 24.3 Å². The Balaban J connectivity index is 2.39. The van der Waals surface area contributed by atoms with Crippen LogP contribution >= 0.6 is 0 Å². The molecule has 2 heterocycles. The van der Waals surface area contributed by atoms with Crippen LogP contribution in [0.5, 0.6) is 0 Å². The third kappa shape index (κ3) is 2.63. The zero-order chi connectivity index (χ0) is 19.4. The maximum atomic E-state index is 12.4. The van der Waals surface area contributed by atoms with Gasteiger partial charge in [0.15, 0.2) is 9.84 Å². The van der Waals surface area contributed by atoms with Gasteiger partial charge < -0.3 is 10.8 Å². The van der Waals surface area contributed by atoms with E-state index in [4.69, 9.17) is 5.73 Å². The summed E-state index contributed by atoms with van der Waals surface area (Å²) in [6, 6.07) is 3.90. The summed E-state index contributed by atoms with van der Waals surface area (Å²) >= 11 is 0. The van der Waals surface area contributed by atoms with E-state index < -0.39 is 44.6 Å². The maximum absolute atomic E-state index is 12.4. The topological polar surface area (TPSA) is 166 Å². The predicted octanol–water partition coefficient (Wildman–Crippen LogP) is -0.595. The molecular weight excluding hydrogens is 366 g/mol. The van der Waals surface area contributed by atoms with Gasteiger partial charge in [0.1, 0.15) is 5.82 Å². The van der Waals surface area contributed by atoms with Crippen molar-refractivity contribution in [3.8, 4) is 5.69 Å². The summed E-state index contributed by atoms with van der Waals surface area (Å²) in [5.74, 6) is -3.42. The predicted molar refractivity (Wildman–Crippen MR) is 88.3 cm³/mol. The number of pyridine rings is 1. The van der Waals surface area contributed by atoms with Crippen molar-refractivity contribution in [1.29, 1.82) is 0 Å². The minimum absolute atomic E-state index is 0.164. The number of nitrogens with zero attached hydrogens (tertiary/aromatic N) is 1. The number of anilines is 1. The van der Waals surface area contributed by atoms with Crippen LogP contribution in [0.3, 0.4) is 0 Å². The first-order valence-corrected chi connectivity index (χ1v) is 8.90. The van der Waals surface area contributed by atoms with Gasteiger partial charge in [0.05, 0.1) is 27.3 Å². The highest BCUT2D eigenvalue weighted by molar-refractivity contribution is 7.90. The van der Waals surface area contributed by atoms with Crippen molar-refractivity contribution < 1.29 is 27.9 Å². The monoisotopic (exact) mass is 377 g/mol. The lowest BCUT2D eigenvalue weighted by Crippen LogP contribution is -2.24. The molecule has 10 nitrogen and oxygen atoms in total. The van der Waals surface area contributed by atoms with Crippen molar-refractivity contribution in [2.45, 2.75) is 4.90 Å². The van der Waals surface area contributed by atoms with Crippen molar-refractivity contribution in [3.63, 3.8) is 0 Å². The number of carboxylic acid groups (broad SMARTS) is 1. The number of nitrogens with one attached hydrogen (secondary N) is 1. The lowest BCUT2D eigenvalue weighted by molar-refractivity contribution is 0.0695. The summed E-state index contributed by atoms with van der Waals surface area (Å²) in [6.07, 6.45) is 0.874. The summed E-state index contributed by atoms with van der Waals surface area (Å²) in [7, 11) is -3.80. The number of aromatic carboxylic acids is 1. The van der Waals surface area contributed by atoms with Gasteiger partial charge in [0, 0.05) is 12.3 Å². The molecule has 4 N–H and O–H groups in total. The summed E-state index contributed by atoms with van der Waals surface area (Å²) in [5.41, 5.74) is 4.03. The fourth-order valence-corrected chi connectivity index (χ4v) is 3.27. The number of carboxylic acids is 1. The third-order valence-electron chi connectivity index (χ3n) is 3.78. The van der Waals surface area contributed by atoms with Crippen LogP contribution in [0.2, 0.25) is 0 Å². The Bertz CT molecular complexity index is 1180. The molecule has 0 atom stereocenters. The van der Waals surface area contributed by atoms with Crippen LogP contribution in [0.4, 0.5) is 5.82 Å². The van der Waals surface area contributed by atoms with Crippen LogP contribution < -0.4 is 16.6 Å². The van der Waals surface area contributed by atoms with Gasteiger partial charge in [-0.05, 0) is 18.2 Å². The summed E-state index contributed by atoms with van der Waals surface area (Å²) in [4.78, 5) is 46.9. The molecule has 0 saturated heterocycles. The highest BCUT2D eigenvalue weighted by atomic mass is 32.2. The average Bonchev–Trinajstić information content (AvgIpc) is 2.80. The Labute approximate surface area is 145 Å². The van der Waals surface area contributed by atoms with E-state index in [0.717, 1.165) is 35.1 Å². The molecule has 0 spiro atoms. The first-order chi connectivity index (χ1) is 12.0. The number of carbonyl (C=O) groups is 3. The Morgan fingerprint density at radius 3 is 2.35 bits per heavy atom. The molecule has 0 bridgehead atoms. The number of amides is 2. The Morgan fingerprint density at radius 1 is 1.12 bits per heavy atom. The fraction of sp³-hybridized carbons (Fsp3) is 0.0667. The lowest BCUT2D eigenvalue weighted by atomic mass is 10.1. The molecule has 0 unspecified atom stereocenters. The van der Waals surface area contributed by atoms with E-state index >= 15 is 0 Å². The molecular formula is C15H11N3O7S. The quantitative estimate of drug-likeness (QED) is 0.597. The molecule has 0 radical (unpaired) electrons. The molecule has 0 aliphatic carbocycles. The molecule has 11 heteroatoms. The van der Waals surface area contributed by atoms with Crippen LogP contribution in [0.25, 0.3) is 5.69 Å². The minimum atomic E-state index is -3.80. The second-order valence-corrected chi connectivity index (χ2v) is 7.58. The SMILES string of the molecule is CS(=O)(=O)c1cc(C(=O)O)cc(-n2c(N)c3c(cc2=O)C(=O)NC3=O)c1. The lowest BCUT2D eigenvalue weighted by Gasteiger charge is -2.13. The second-order valence-electron chi connectivity index (χ2n) is 5.57. The van der Waals surface area contributed by atoms with E-state index in [1.165, 1.54) is 0 Å². The van der Waals surface area contributed by atoms with Crippen LogP contribution in [0.15, 0.2) is 34.0 Å². The van der Waals surface area contributed by atoms with Gasteiger partial charge in [-0.25, -0.2) is 13.2 Å². The minimum Gasteiger partial charge on any atom is -0.478 e.